The Morgan fingerprint density at radius 3 is 2.62 bits per heavy atom. The fraction of sp³-hybridized carbons (Fsp3) is 0.500. The fourth-order valence-corrected chi connectivity index (χ4v) is 4.66. The van der Waals surface area contributed by atoms with Gasteiger partial charge in [0.25, 0.3) is 5.91 Å². The second-order valence-corrected chi connectivity index (χ2v) is 8.08. The summed E-state index contributed by atoms with van der Waals surface area (Å²) >= 11 is 1.65. The number of rotatable bonds is 5. The van der Waals surface area contributed by atoms with Crippen LogP contribution in [0.4, 0.5) is 0 Å². The fourth-order valence-electron chi connectivity index (χ4n) is 3.46. The first-order valence-corrected chi connectivity index (χ1v) is 10.2. The highest BCUT2D eigenvalue weighted by molar-refractivity contribution is 7.98. The number of hydrogen-bond donors (Lipinski definition) is 1. The lowest BCUT2D eigenvalue weighted by Crippen LogP contribution is -2.54. The Kier molecular flexibility index (Phi) is 6.04. The van der Waals surface area contributed by atoms with Crippen LogP contribution in [0.5, 0.6) is 0 Å². The van der Waals surface area contributed by atoms with E-state index in [0.29, 0.717) is 17.6 Å². The van der Waals surface area contributed by atoms with Crippen molar-refractivity contribution in [1.29, 1.82) is 0 Å². The van der Waals surface area contributed by atoms with Crippen molar-refractivity contribution in [3.63, 3.8) is 0 Å². The highest BCUT2D eigenvalue weighted by Gasteiger charge is 2.27. The molecule has 140 valence electrons. The van der Waals surface area contributed by atoms with Crippen LogP contribution in [0.15, 0.2) is 33.7 Å². The third-order valence-electron chi connectivity index (χ3n) is 5.11. The van der Waals surface area contributed by atoms with E-state index in [0.717, 1.165) is 40.5 Å². The van der Waals surface area contributed by atoms with Gasteiger partial charge in [0.1, 0.15) is 5.76 Å². The molecule has 2 unspecified atom stereocenters. The van der Waals surface area contributed by atoms with Crippen LogP contribution in [0.1, 0.15) is 60.5 Å². The van der Waals surface area contributed by atoms with E-state index in [1.165, 1.54) is 6.42 Å². The maximum Gasteiger partial charge on any atom is 0.266 e. The van der Waals surface area contributed by atoms with Crippen LogP contribution in [0, 0.1) is 13.8 Å². The van der Waals surface area contributed by atoms with Crippen molar-refractivity contribution in [1.82, 2.24) is 15.6 Å². The van der Waals surface area contributed by atoms with Gasteiger partial charge >= 0.3 is 0 Å². The third-order valence-corrected chi connectivity index (χ3v) is 6.21. The predicted molar refractivity (Wildman–Crippen MR) is 104 cm³/mol. The number of nitrogens with zero attached hydrogens (tertiary/aromatic N) is 2. The summed E-state index contributed by atoms with van der Waals surface area (Å²) in [4.78, 5) is 13.9. The van der Waals surface area contributed by atoms with Crippen LogP contribution in [0.25, 0.3) is 0 Å². The van der Waals surface area contributed by atoms with Crippen LogP contribution in [0.2, 0.25) is 0 Å². The van der Waals surface area contributed by atoms with E-state index in [-0.39, 0.29) is 5.91 Å². The lowest BCUT2D eigenvalue weighted by molar-refractivity contribution is 0.0367. The summed E-state index contributed by atoms with van der Waals surface area (Å²) in [5.41, 5.74) is 5.87. The predicted octanol–water partition coefficient (Wildman–Crippen LogP) is 4.49. The standard InChI is InChI=1S/C20H27N3O2S/c1-13-8-7-9-14(2)23(13)21-20(24)17-10-5-6-11-19(17)26-12-18-15(3)22-25-16(18)4/h5-6,10-11,13-14H,7-9,12H2,1-4H3,(H,21,24). The second-order valence-electron chi connectivity index (χ2n) is 7.06. The van der Waals surface area contributed by atoms with E-state index in [9.17, 15) is 4.79 Å². The molecule has 6 heteroatoms. The number of piperidine rings is 1. The molecule has 1 fully saturated rings. The number of hydrogen-bond acceptors (Lipinski definition) is 5. The molecule has 5 nitrogen and oxygen atoms in total. The first-order chi connectivity index (χ1) is 12.5. The van der Waals surface area contributed by atoms with Gasteiger partial charge in [-0.15, -0.1) is 11.8 Å². The van der Waals surface area contributed by atoms with Gasteiger partial charge in [0, 0.05) is 28.3 Å². The molecule has 0 bridgehead atoms. The van der Waals surface area contributed by atoms with Crippen molar-refractivity contribution in [2.45, 2.75) is 69.7 Å². The number of thioether (sulfide) groups is 1. The molecule has 2 heterocycles. The van der Waals surface area contributed by atoms with E-state index >= 15 is 0 Å². The van der Waals surface area contributed by atoms with Crippen molar-refractivity contribution < 1.29 is 9.32 Å². The maximum atomic E-state index is 12.9. The van der Waals surface area contributed by atoms with Crippen LogP contribution < -0.4 is 5.43 Å². The number of benzene rings is 1. The van der Waals surface area contributed by atoms with Gasteiger partial charge in [-0.2, -0.15) is 0 Å². The lowest BCUT2D eigenvalue weighted by atomic mass is 10.00. The number of carbonyl (C=O) groups excluding carboxylic acids is 1. The van der Waals surface area contributed by atoms with E-state index in [1.54, 1.807) is 11.8 Å². The Morgan fingerprint density at radius 1 is 1.27 bits per heavy atom. The van der Waals surface area contributed by atoms with Crippen molar-refractivity contribution in [2.24, 2.45) is 0 Å². The third kappa shape index (κ3) is 4.13. The molecule has 3 rings (SSSR count). The SMILES string of the molecule is Cc1noc(C)c1CSc1ccccc1C(=O)NN1C(C)CCCC1C. The first kappa shape index (κ1) is 19.0. The topological polar surface area (TPSA) is 58.4 Å². The molecule has 2 atom stereocenters. The Hall–Kier alpha value is -1.79. The normalized spacial score (nSPS) is 20.9. The van der Waals surface area contributed by atoms with Gasteiger partial charge < -0.3 is 4.52 Å². The molecule has 0 radical (unpaired) electrons. The Bertz CT molecular complexity index is 745. The maximum absolute atomic E-state index is 12.9. The summed E-state index contributed by atoms with van der Waals surface area (Å²) < 4.78 is 5.24. The number of amides is 1. The van der Waals surface area contributed by atoms with Gasteiger partial charge in [0.15, 0.2) is 0 Å². The summed E-state index contributed by atoms with van der Waals surface area (Å²) in [7, 11) is 0. The number of nitrogens with one attached hydrogen (secondary N) is 1. The molecule has 2 aromatic rings. The Morgan fingerprint density at radius 2 is 1.96 bits per heavy atom. The molecule has 1 aliphatic rings. The van der Waals surface area contributed by atoms with Crippen molar-refractivity contribution in [3.05, 3.63) is 46.8 Å². The molecule has 1 amide bonds. The Balaban J connectivity index is 1.73. The average Bonchev–Trinajstić information content (AvgIpc) is 2.94. The van der Waals surface area contributed by atoms with Crippen molar-refractivity contribution in [2.75, 3.05) is 0 Å². The molecule has 0 spiro atoms. The van der Waals surface area contributed by atoms with E-state index in [2.05, 4.69) is 29.4 Å². The largest absolute Gasteiger partial charge is 0.361 e. The van der Waals surface area contributed by atoms with Gasteiger partial charge in [-0.3, -0.25) is 10.2 Å². The van der Waals surface area contributed by atoms with Gasteiger partial charge in [0.2, 0.25) is 0 Å². The zero-order chi connectivity index (χ0) is 18.7. The molecule has 0 saturated carbocycles. The highest BCUT2D eigenvalue weighted by atomic mass is 32.2. The first-order valence-electron chi connectivity index (χ1n) is 9.20. The van der Waals surface area contributed by atoms with Crippen LogP contribution >= 0.6 is 11.8 Å². The molecular formula is C20H27N3O2S. The number of carbonyl (C=O) groups is 1. The summed E-state index contributed by atoms with van der Waals surface area (Å²) in [5.74, 6) is 1.54. The van der Waals surface area contributed by atoms with Crippen LogP contribution in [-0.2, 0) is 5.75 Å². The van der Waals surface area contributed by atoms with Gasteiger partial charge in [-0.05, 0) is 52.7 Å². The highest BCUT2D eigenvalue weighted by Crippen LogP contribution is 2.29. The summed E-state index contributed by atoms with van der Waals surface area (Å²) in [6, 6.07) is 8.51. The molecule has 0 aliphatic carbocycles. The number of aromatic nitrogens is 1. The molecule has 1 saturated heterocycles. The minimum atomic E-state index is -0.0348. The van der Waals surface area contributed by atoms with Crippen molar-refractivity contribution >= 4 is 17.7 Å². The summed E-state index contributed by atoms with van der Waals surface area (Å²) in [6.45, 7) is 8.22. The second kappa shape index (κ2) is 8.27. The number of aryl methyl sites for hydroxylation is 2. The molecular weight excluding hydrogens is 346 g/mol. The smallest absolute Gasteiger partial charge is 0.266 e. The monoisotopic (exact) mass is 373 g/mol. The Labute approximate surface area is 159 Å². The van der Waals surface area contributed by atoms with Gasteiger partial charge in [0.05, 0.1) is 11.3 Å². The zero-order valence-corrected chi connectivity index (χ0v) is 16.7. The molecule has 1 aromatic heterocycles. The zero-order valence-electron chi connectivity index (χ0n) is 15.9. The van der Waals surface area contributed by atoms with E-state index in [4.69, 9.17) is 4.52 Å². The minimum Gasteiger partial charge on any atom is -0.361 e. The molecule has 1 aliphatic heterocycles. The van der Waals surface area contributed by atoms with E-state index < -0.39 is 0 Å². The molecule has 1 aromatic carbocycles. The average molecular weight is 374 g/mol. The van der Waals surface area contributed by atoms with Crippen molar-refractivity contribution in [3.8, 4) is 0 Å². The van der Waals surface area contributed by atoms with Gasteiger partial charge in [-0.25, -0.2) is 5.01 Å². The minimum absolute atomic E-state index is 0.0348. The lowest BCUT2D eigenvalue weighted by Gasteiger charge is -2.38. The number of hydrazine groups is 1. The molecule has 1 N–H and O–H groups in total. The quantitative estimate of drug-likeness (QED) is 0.783. The van der Waals surface area contributed by atoms with Crippen LogP contribution in [0.3, 0.4) is 0 Å². The van der Waals surface area contributed by atoms with Crippen LogP contribution in [-0.4, -0.2) is 28.2 Å². The van der Waals surface area contributed by atoms with Gasteiger partial charge in [-0.1, -0.05) is 23.7 Å². The van der Waals surface area contributed by atoms with E-state index in [1.807, 2.05) is 38.1 Å². The molecule has 26 heavy (non-hydrogen) atoms. The summed E-state index contributed by atoms with van der Waals surface area (Å²) in [6.07, 6.45) is 3.46. The summed E-state index contributed by atoms with van der Waals surface area (Å²) in [5, 5.41) is 6.12.